The van der Waals surface area contributed by atoms with Crippen molar-refractivity contribution in [2.45, 2.75) is 96.3 Å². The smallest absolute Gasteiger partial charge is 0.0908 e. The van der Waals surface area contributed by atoms with Crippen LogP contribution in [0.1, 0.15) is 101 Å². The van der Waals surface area contributed by atoms with E-state index in [1.165, 1.54) is 82.6 Å². The molecule has 2 aliphatic rings. The van der Waals surface area contributed by atoms with Crippen LogP contribution in [0.5, 0.6) is 0 Å². The number of allylic oxidation sites excluding steroid dienone is 2. The van der Waals surface area contributed by atoms with Crippen LogP contribution in [0.15, 0.2) is 36.4 Å². The summed E-state index contributed by atoms with van der Waals surface area (Å²) in [6, 6.07) is 11.7. The molecular formula is C27H39N. The first kappa shape index (κ1) is 21.2. The summed E-state index contributed by atoms with van der Waals surface area (Å²) in [5.41, 5.74) is 3.10. The molecule has 0 atom stereocenters. The molecule has 0 aromatic heterocycles. The van der Waals surface area contributed by atoms with E-state index in [9.17, 15) is 0 Å². The molecule has 1 aromatic carbocycles. The van der Waals surface area contributed by atoms with Gasteiger partial charge in [-0.05, 0) is 99.0 Å². The number of hydrogen-bond acceptors (Lipinski definition) is 1. The molecule has 2 saturated carbocycles. The third-order valence-corrected chi connectivity index (χ3v) is 7.53. The highest BCUT2D eigenvalue weighted by Gasteiger charge is 2.31. The maximum atomic E-state index is 8.58. The highest BCUT2D eigenvalue weighted by atomic mass is 14.4. The lowest BCUT2D eigenvalue weighted by Crippen LogP contribution is -2.25. The van der Waals surface area contributed by atoms with E-state index in [-0.39, 0.29) is 0 Å². The van der Waals surface area contributed by atoms with Crippen molar-refractivity contribution >= 4 is 0 Å². The van der Waals surface area contributed by atoms with Gasteiger partial charge in [-0.15, -0.1) is 0 Å². The van der Waals surface area contributed by atoms with E-state index in [0.717, 1.165) is 30.1 Å². The van der Waals surface area contributed by atoms with Gasteiger partial charge >= 0.3 is 0 Å². The van der Waals surface area contributed by atoms with Crippen molar-refractivity contribution in [2.75, 3.05) is 0 Å². The maximum absolute atomic E-state index is 8.58. The minimum absolute atomic E-state index is 0.805. The highest BCUT2D eigenvalue weighted by molar-refractivity contribution is 5.26. The van der Waals surface area contributed by atoms with Crippen LogP contribution in [-0.2, 0) is 6.42 Å². The van der Waals surface area contributed by atoms with Crippen LogP contribution >= 0.6 is 0 Å². The Morgan fingerprint density at radius 3 is 2.18 bits per heavy atom. The zero-order chi connectivity index (χ0) is 19.6. The van der Waals surface area contributed by atoms with Gasteiger partial charge in [0.15, 0.2) is 0 Å². The fourth-order valence-electron chi connectivity index (χ4n) is 5.68. The first-order valence-corrected chi connectivity index (χ1v) is 11.9. The third-order valence-electron chi connectivity index (χ3n) is 7.53. The van der Waals surface area contributed by atoms with E-state index in [0.29, 0.717) is 0 Å². The van der Waals surface area contributed by atoms with Gasteiger partial charge in [-0.25, -0.2) is 0 Å². The van der Waals surface area contributed by atoms with Crippen molar-refractivity contribution < 1.29 is 0 Å². The van der Waals surface area contributed by atoms with E-state index in [1.807, 2.05) is 6.08 Å². The summed E-state index contributed by atoms with van der Waals surface area (Å²) in [5, 5.41) is 8.58. The quantitative estimate of drug-likeness (QED) is 0.421. The predicted molar refractivity (Wildman–Crippen MR) is 119 cm³/mol. The molecule has 0 unspecified atom stereocenters. The number of rotatable bonds is 8. The summed E-state index contributed by atoms with van der Waals surface area (Å²) in [5.74, 6) is 3.68. The molecule has 0 saturated heterocycles. The van der Waals surface area contributed by atoms with Crippen LogP contribution in [0, 0.1) is 29.1 Å². The van der Waals surface area contributed by atoms with Gasteiger partial charge in [-0.2, -0.15) is 5.26 Å². The third kappa shape index (κ3) is 6.23. The van der Waals surface area contributed by atoms with Crippen LogP contribution in [0.4, 0.5) is 0 Å². The van der Waals surface area contributed by atoms with Crippen LogP contribution in [0.3, 0.4) is 0 Å². The molecule has 0 spiro atoms. The van der Waals surface area contributed by atoms with Crippen molar-refractivity contribution in [1.82, 2.24) is 0 Å². The van der Waals surface area contributed by atoms with Crippen molar-refractivity contribution in [3.8, 4) is 6.07 Å². The van der Waals surface area contributed by atoms with Gasteiger partial charge in [0.1, 0.15) is 0 Å². The Bertz CT molecular complexity index is 619. The molecule has 1 aromatic rings. The summed E-state index contributed by atoms with van der Waals surface area (Å²) in [4.78, 5) is 0. The molecule has 28 heavy (non-hydrogen) atoms. The van der Waals surface area contributed by atoms with Gasteiger partial charge in [-0.1, -0.05) is 56.5 Å². The van der Waals surface area contributed by atoms with E-state index in [1.54, 1.807) is 11.6 Å². The summed E-state index contributed by atoms with van der Waals surface area (Å²) in [6.07, 6.45) is 21.3. The first-order chi connectivity index (χ1) is 13.8. The van der Waals surface area contributed by atoms with Crippen molar-refractivity contribution in [2.24, 2.45) is 17.8 Å². The molecule has 2 fully saturated rings. The van der Waals surface area contributed by atoms with Gasteiger partial charge in [0.2, 0.25) is 0 Å². The van der Waals surface area contributed by atoms with E-state index in [2.05, 4.69) is 37.3 Å². The average Bonchev–Trinajstić information content (AvgIpc) is 2.76. The van der Waals surface area contributed by atoms with Crippen LogP contribution in [-0.4, -0.2) is 0 Å². The zero-order valence-corrected chi connectivity index (χ0v) is 17.9. The molecule has 152 valence electrons. The predicted octanol–water partition coefficient (Wildman–Crippen LogP) is 7.97. The van der Waals surface area contributed by atoms with E-state index < -0.39 is 0 Å². The summed E-state index contributed by atoms with van der Waals surface area (Å²) < 4.78 is 0. The van der Waals surface area contributed by atoms with Gasteiger partial charge in [-0.3, -0.25) is 0 Å². The van der Waals surface area contributed by atoms with Crippen LogP contribution in [0.2, 0.25) is 0 Å². The van der Waals surface area contributed by atoms with Gasteiger partial charge in [0.05, 0.1) is 6.07 Å². The number of hydrogen-bond donors (Lipinski definition) is 0. The second kappa shape index (κ2) is 11.5. The van der Waals surface area contributed by atoms with E-state index >= 15 is 0 Å². The molecule has 3 rings (SSSR count). The monoisotopic (exact) mass is 377 g/mol. The number of benzene rings is 1. The maximum Gasteiger partial charge on any atom is 0.0908 e. The Kier molecular flexibility index (Phi) is 8.66. The molecule has 0 N–H and O–H groups in total. The van der Waals surface area contributed by atoms with Crippen molar-refractivity contribution in [3.05, 3.63) is 47.5 Å². The fraction of sp³-hybridized carbons (Fsp3) is 0.667. The Balaban J connectivity index is 1.38. The molecule has 0 radical (unpaired) electrons. The minimum Gasteiger partial charge on any atom is -0.193 e. The second-order valence-corrected chi connectivity index (χ2v) is 9.35. The normalized spacial score (nSPS) is 28.3. The first-order valence-electron chi connectivity index (χ1n) is 11.9. The molecular weight excluding hydrogens is 338 g/mol. The summed E-state index contributed by atoms with van der Waals surface area (Å²) in [6.45, 7) is 2.27. The Morgan fingerprint density at radius 2 is 1.57 bits per heavy atom. The largest absolute Gasteiger partial charge is 0.193 e. The SMILES string of the molecule is CCCCc1ccc([C@H]2CC[C@H](C3CCC(CC/C=C/C#N)CC3)CC2)cc1. The summed E-state index contributed by atoms with van der Waals surface area (Å²) >= 11 is 0. The van der Waals surface area contributed by atoms with Gasteiger partial charge < -0.3 is 0 Å². The van der Waals surface area contributed by atoms with Crippen molar-refractivity contribution in [3.63, 3.8) is 0 Å². The number of unbranched alkanes of at least 4 members (excludes halogenated alkanes) is 1. The Hall–Kier alpha value is -1.55. The number of aryl methyl sites for hydroxylation is 1. The molecule has 0 heterocycles. The number of nitriles is 1. The topological polar surface area (TPSA) is 23.8 Å². The number of nitrogens with zero attached hydrogens (tertiary/aromatic N) is 1. The lowest BCUT2D eigenvalue weighted by Gasteiger charge is -2.38. The van der Waals surface area contributed by atoms with Crippen molar-refractivity contribution in [1.29, 1.82) is 5.26 Å². The lowest BCUT2D eigenvalue weighted by atomic mass is 9.68. The molecule has 0 aliphatic heterocycles. The molecule has 1 nitrogen and oxygen atoms in total. The highest BCUT2D eigenvalue weighted by Crippen LogP contribution is 2.44. The second-order valence-electron chi connectivity index (χ2n) is 9.35. The van der Waals surface area contributed by atoms with Crippen LogP contribution < -0.4 is 0 Å². The zero-order valence-electron chi connectivity index (χ0n) is 17.9. The molecule has 0 bridgehead atoms. The van der Waals surface area contributed by atoms with Gasteiger partial charge in [0, 0.05) is 6.08 Å². The van der Waals surface area contributed by atoms with Gasteiger partial charge in [0.25, 0.3) is 0 Å². The molecule has 1 heteroatoms. The average molecular weight is 378 g/mol. The Labute approximate surface area is 173 Å². The molecule has 0 amide bonds. The van der Waals surface area contributed by atoms with Crippen LogP contribution in [0.25, 0.3) is 0 Å². The summed E-state index contributed by atoms with van der Waals surface area (Å²) in [7, 11) is 0. The minimum atomic E-state index is 0.805. The van der Waals surface area contributed by atoms with E-state index in [4.69, 9.17) is 5.26 Å². The Morgan fingerprint density at radius 1 is 0.929 bits per heavy atom. The lowest BCUT2D eigenvalue weighted by molar-refractivity contribution is 0.157. The standard InChI is InChI=1S/C27H39N/c1-2-3-7-22-9-13-24(14-10-22)26-17-19-27(20-18-26)25-15-11-23(12-16-25)8-5-4-6-21-28/h4,6,9-10,13-14,23,25-27H,2-3,5,7-8,11-12,15-20H2,1H3/b6-4+/t23?,25?,26-,27-. The fourth-order valence-corrected chi connectivity index (χ4v) is 5.68. The molecule has 2 aliphatic carbocycles.